The van der Waals surface area contributed by atoms with Gasteiger partial charge in [0.15, 0.2) is 0 Å². The molecule has 3 aromatic heterocycles. The SMILES string of the molecule is CSC.Cc1ccc(Nc2cc3c(C(C)N)cnc(OC4CCC4)c3cn2)nc1C(C)C(C)(C)OC=O. The Bertz CT molecular complexity index is 1210. The maximum atomic E-state index is 10.9. The summed E-state index contributed by atoms with van der Waals surface area (Å²) in [4.78, 5) is 24.9. The van der Waals surface area contributed by atoms with Gasteiger partial charge in [-0.3, -0.25) is 4.79 Å². The molecule has 200 valence electrons. The van der Waals surface area contributed by atoms with Crippen molar-refractivity contribution in [3.8, 4) is 5.88 Å². The molecule has 37 heavy (non-hydrogen) atoms. The number of carbonyl (C=O) groups is 1. The number of rotatable bonds is 9. The zero-order chi connectivity index (χ0) is 27.2. The minimum Gasteiger partial charge on any atom is -0.474 e. The molecule has 0 aliphatic heterocycles. The Labute approximate surface area is 224 Å². The van der Waals surface area contributed by atoms with Gasteiger partial charge in [0.2, 0.25) is 5.88 Å². The second-order valence-corrected chi connectivity index (χ2v) is 10.9. The van der Waals surface area contributed by atoms with Crippen molar-refractivity contribution in [1.29, 1.82) is 0 Å². The summed E-state index contributed by atoms with van der Waals surface area (Å²) in [6, 6.07) is 5.69. The van der Waals surface area contributed by atoms with Crippen molar-refractivity contribution >= 4 is 40.6 Å². The summed E-state index contributed by atoms with van der Waals surface area (Å²) in [5.74, 6) is 1.80. The average Bonchev–Trinajstić information content (AvgIpc) is 2.82. The fourth-order valence-corrected chi connectivity index (χ4v) is 4.04. The van der Waals surface area contributed by atoms with Crippen LogP contribution in [0.4, 0.5) is 11.6 Å². The van der Waals surface area contributed by atoms with Crippen molar-refractivity contribution in [2.75, 3.05) is 17.8 Å². The Morgan fingerprint density at radius 3 is 2.43 bits per heavy atom. The molecule has 2 unspecified atom stereocenters. The molecule has 0 aromatic carbocycles. The highest BCUT2D eigenvalue weighted by atomic mass is 32.2. The van der Waals surface area contributed by atoms with Crippen LogP contribution in [0.3, 0.4) is 0 Å². The summed E-state index contributed by atoms with van der Waals surface area (Å²) in [5.41, 5.74) is 8.36. The third-order valence-corrected chi connectivity index (χ3v) is 6.78. The van der Waals surface area contributed by atoms with E-state index < -0.39 is 5.60 Å². The van der Waals surface area contributed by atoms with Crippen LogP contribution < -0.4 is 15.8 Å². The minimum atomic E-state index is -0.685. The van der Waals surface area contributed by atoms with Crippen LogP contribution in [0.25, 0.3) is 10.8 Å². The Hall–Kier alpha value is -2.91. The van der Waals surface area contributed by atoms with Gasteiger partial charge < -0.3 is 20.5 Å². The molecule has 0 radical (unpaired) electrons. The van der Waals surface area contributed by atoms with Gasteiger partial charge in [-0.1, -0.05) is 13.0 Å². The molecule has 8 nitrogen and oxygen atoms in total. The number of carbonyl (C=O) groups excluding carboxylic acids is 1. The Morgan fingerprint density at radius 2 is 1.84 bits per heavy atom. The molecule has 2 atom stereocenters. The van der Waals surface area contributed by atoms with E-state index in [0.717, 1.165) is 40.4 Å². The molecule has 1 aliphatic carbocycles. The van der Waals surface area contributed by atoms with Crippen molar-refractivity contribution in [1.82, 2.24) is 15.0 Å². The normalized spacial score (nSPS) is 15.1. The van der Waals surface area contributed by atoms with E-state index in [2.05, 4.69) is 15.3 Å². The third kappa shape index (κ3) is 6.90. The van der Waals surface area contributed by atoms with E-state index in [9.17, 15) is 4.79 Å². The fourth-order valence-electron chi connectivity index (χ4n) is 4.04. The number of hydrogen-bond donors (Lipinski definition) is 2. The molecule has 1 fully saturated rings. The molecule has 3 N–H and O–H groups in total. The highest BCUT2D eigenvalue weighted by Crippen LogP contribution is 2.35. The second kappa shape index (κ2) is 12.6. The third-order valence-electron chi connectivity index (χ3n) is 6.78. The van der Waals surface area contributed by atoms with Gasteiger partial charge in [-0.15, -0.1) is 0 Å². The van der Waals surface area contributed by atoms with Crippen molar-refractivity contribution in [3.05, 3.63) is 47.4 Å². The zero-order valence-electron chi connectivity index (χ0n) is 22.9. The van der Waals surface area contributed by atoms with E-state index in [4.69, 9.17) is 20.2 Å². The maximum Gasteiger partial charge on any atom is 0.293 e. The number of anilines is 2. The lowest BCUT2D eigenvalue weighted by Crippen LogP contribution is -2.31. The van der Waals surface area contributed by atoms with Crippen LogP contribution in [0.5, 0.6) is 5.88 Å². The Morgan fingerprint density at radius 1 is 1.14 bits per heavy atom. The largest absolute Gasteiger partial charge is 0.474 e. The number of aromatic nitrogens is 3. The number of hydrogen-bond acceptors (Lipinski definition) is 9. The van der Waals surface area contributed by atoms with Crippen molar-refractivity contribution in [2.45, 2.75) is 77.5 Å². The molecule has 1 saturated carbocycles. The first kappa shape index (κ1) is 28.7. The number of ether oxygens (including phenoxy) is 2. The number of nitrogens with zero attached hydrogens (tertiary/aromatic N) is 3. The highest BCUT2D eigenvalue weighted by molar-refractivity contribution is 7.97. The van der Waals surface area contributed by atoms with Gasteiger partial charge in [0.05, 0.1) is 11.1 Å². The lowest BCUT2D eigenvalue weighted by Gasteiger charge is -2.30. The smallest absolute Gasteiger partial charge is 0.293 e. The molecular formula is C28H39N5O3S. The summed E-state index contributed by atoms with van der Waals surface area (Å²) in [6.45, 7) is 10.2. The molecule has 3 aromatic rings. The van der Waals surface area contributed by atoms with Gasteiger partial charge in [0.1, 0.15) is 23.3 Å². The maximum absolute atomic E-state index is 10.9. The predicted octanol–water partition coefficient (Wildman–Crippen LogP) is 6.06. The van der Waals surface area contributed by atoms with Crippen molar-refractivity contribution in [3.63, 3.8) is 0 Å². The van der Waals surface area contributed by atoms with E-state index in [1.54, 1.807) is 24.2 Å². The number of aryl methyl sites for hydroxylation is 1. The topological polar surface area (TPSA) is 112 Å². The molecule has 0 saturated heterocycles. The van der Waals surface area contributed by atoms with Crippen LogP contribution in [0.2, 0.25) is 0 Å². The van der Waals surface area contributed by atoms with Crippen LogP contribution in [0.15, 0.2) is 30.6 Å². The first-order valence-corrected chi connectivity index (χ1v) is 14.2. The van der Waals surface area contributed by atoms with E-state index >= 15 is 0 Å². The van der Waals surface area contributed by atoms with E-state index in [1.165, 1.54) is 6.42 Å². The van der Waals surface area contributed by atoms with Crippen LogP contribution >= 0.6 is 11.8 Å². The fraction of sp³-hybridized carbons (Fsp3) is 0.500. The van der Waals surface area contributed by atoms with Gasteiger partial charge in [-0.05, 0) is 88.1 Å². The van der Waals surface area contributed by atoms with Gasteiger partial charge in [0, 0.05) is 24.4 Å². The summed E-state index contributed by atoms with van der Waals surface area (Å²) in [6.07, 6.45) is 11.2. The minimum absolute atomic E-state index is 0.106. The molecular weight excluding hydrogens is 486 g/mol. The van der Waals surface area contributed by atoms with E-state index in [1.807, 2.05) is 65.3 Å². The monoisotopic (exact) mass is 525 g/mol. The molecule has 0 amide bonds. The number of pyridine rings is 3. The van der Waals surface area contributed by atoms with Crippen molar-refractivity contribution in [2.24, 2.45) is 5.73 Å². The number of fused-ring (bicyclic) bond motifs is 1. The van der Waals surface area contributed by atoms with Crippen LogP contribution in [-0.4, -0.2) is 45.6 Å². The second-order valence-electron chi connectivity index (χ2n) is 10.1. The Kier molecular flexibility index (Phi) is 9.73. The first-order chi connectivity index (χ1) is 17.6. The standard InChI is InChI=1S/C26H33N5O3.C2H6S/c1-15-9-10-22(31-24(15)16(2)26(4,5)33-14-32)30-23-11-19-20(17(3)27)12-29-25(21(19)13-28-23)34-18-7-6-8-18;1-3-2/h9-14,16-18H,6-8,27H2,1-5H3,(H,28,30,31);1-2H3. The summed E-state index contributed by atoms with van der Waals surface area (Å²) < 4.78 is 11.4. The molecule has 1 aliphatic rings. The first-order valence-electron chi connectivity index (χ1n) is 12.6. The van der Waals surface area contributed by atoms with Crippen LogP contribution in [-0.2, 0) is 9.53 Å². The molecule has 0 spiro atoms. The Balaban J connectivity index is 0.00000121. The van der Waals surface area contributed by atoms with Gasteiger partial charge in [-0.2, -0.15) is 11.8 Å². The summed E-state index contributed by atoms with van der Waals surface area (Å²) in [5, 5.41) is 5.13. The lowest BCUT2D eigenvalue weighted by atomic mass is 9.87. The molecule has 0 bridgehead atoms. The number of thioether (sulfide) groups is 1. The average molecular weight is 526 g/mol. The summed E-state index contributed by atoms with van der Waals surface area (Å²) in [7, 11) is 0. The zero-order valence-corrected chi connectivity index (χ0v) is 23.7. The van der Waals surface area contributed by atoms with Gasteiger partial charge in [0.25, 0.3) is 6.47 Å². The highest BCUT2D eigenvalue weighted by Gasteiger charge is 2.31. The van der Waals surface area contributed by atoms with E-state index in [0.29, 0.717) is 24.0 Å². The molecule has 4 rings (SSSR count). The van der Waals surface area contributed by atoms with E-state index in [-0.39, 0.29) is 18.1 Å². The van der Waals surface area contributed by atoms with Crippen LogP contribution in [0.1, 0.15) is 75.7 Å². The van der Waals surface area contributed by atoms with Gasteiger partial charge >= 0.3 is 0 Å². The quantitative estimate of drug-likeness (QED) is 0.322. The van der Waals surface area contributed by atoms with Crippen LogP contribution in [0, 0.1) is 6.92 Å². The lowest BCUT2D eigenvalue weighted by molar-refractivity contribution is -0.142. The number of nitrogens with one attached hydrogen (secondary N) is 1. The van der Waals surface area contributed by atoms with Gasteiger partial charge in [-0.25, -0.2) is 15.0 Å². The molecule has 9 heteroatoms. The molecule has 3 heterocycles. The van der Waals surface area contributed by atoms with Crippen molar-refractivity contribution < 1.29 is 14.3 Å². The predicted molar refractivity (Wildman–Crippen MR) is 152 cm³/mol. The summed E-state index contributed by atoms with van der Waals surface area (Å²) >= 11 is 1.75. The number of nitrogens with two attached hydrogens (primary N) is 1.